The summed E-state index contributed by atoms with van der Waals surface area (Å²) >= 11 is 0. The Balaban J connectivity index is 1.30. The number of ether oxygens (including phenoxy) is 4. The quantitative estimate of drug-likeness (QED) is 0.496. The van der Waals surface area contributed by atoms with Crippen molar-refractivity contribution in [2.24, 2.45) is 11.8 Å². The van der Waals surface area contributed by atoms with E-state index < -0.39 is 10.0 Å². The lowest BCUT2D eigenvalue weighted by Gasteiger charge is -2.28. The monoisotopic (exact) mass is 471 g/mol. The molecule has 184 valence electrons. The van der Waals surface area contributed by atoms with Crippen LogP contribution in [0.15, 0.2) is 12.0 Å². The van der Waals surface area contributed by atoms with Gasteiger partial charge in [0.2, 0.25) is 10.0 Å². The first-order chi connectivity index (χ1) is 15.5. The zero-order chi connectivity index (χ0) is 22.4. The third-order valence-corrected chi connectivity index (χ3v) is 8.60. The standard InChI is InChI=1S/C24H41NO6S/c1-2-32(26,27)25-14-20-13-21-24(30-20)23(29-16-19-11-7-4-8-12-19)22(31-21)17-28-15-18-9-5-3-6-10-18/h2,18-25H,1,3-17H2/t20-,21-,22+,23+,24+/m0/s1. The lowest BCUT2D eigenvalue weighted by molar-refractivity contribution is -0.104. The van der Waals surface area contributed by atoms with Crippen molar-refractivity contribution in [2.45, 2.75) is 101 Å². The molecule has 8 heteroatoms. The molecule has 0 aromatic carbocycles. The van der Waals surface area contributed by atoms with Crippen molar-refractivity contribution < 1.29 is 27.4 Å². The van der Waals surface area contributed by atoms with Crippen LogP contribution in [0.1, 0.15) is 70.6 Å². The lowest BCUT2D eigenvalue weighted by atomic mass is 9.90. The Morgan fingerprint density at radius 3 is 2.22 bits per heavy atom. The molecule has 0 amide bonds. The van der Waals surface area contributed by atoms with Crippen LogP contribution < -0.4 is 4.72 Å². The number of hydrogen-bond acceptors (Lipinski definition) is 6. The van der Waals surface area contributed by atoms with Gasteiger partial charge in [-0.2, -0.15) is 0 Å². The van der Waals surface area contributed by atoms with Crippen LogP contribution in [0.5, 0.6) is 0 Å². The number of fused-ring (bicyclic) bond motifs is 1. The minimum absolute atomic E-state index is 0.0760. The second-order valence-corrected chi connectivity index (χ2v) is 11.8. The van der Waals surface area contributed by atoms with E-state index in [2.05, 4.69) is 11.3 Å². The second-order valence-electron chi connectivity index (χ2n) is 10.1. The highest BCUT2D eigenvalue weighted by atomic mass is 32.2. The maximum Gasteiger partial charge on any atom is 0.233 e. The Labute approximate surface area is 193 Å². The van der Waals surface area contributed by atoms with Gasteiger partial charge in [0.25, 0.3) is 0 Å². The van der Waals surface area contributed by atoms with Crippen LogP contribution in [0, 0.1) is 11.8 Å². The topological polar surface area (TPSA) is 83.1 Å². The van der Waals surface area contributed by atoms with E-state index in [0.29, 0.717) is 24.9 Å². The molecule has 0 spiro atoms. The Bertz CT molecular complexity index is 689. The SMILES string of the molecule is C=CS(=O)(=O)NC[C@@H]1C[C@@H]2O[C@H](COCC3CCCCC3)[C@@H](OCC3CCCCC3)[C@@H]2O1. The molecule has 1 N–H and O–H groups in total. The Hall–Kier alpha value is -0.510. The van der Waals surface area contributed by atoms with E-state index in [-0.39, 0.29) is 37.1 Å². The highest BCUT2D eigenvalue weighted by Gasteiger charge is 2.52. The molecule has 32 heavy (non-hydrogen) atoms. The van der Waals surface area contributed by atoms with Crippen LogP contribution in [0.3, 0.4) is 0 Å². The van der Waals surface area contributed by atoms with Crippen molar-refractivity contribution in [3.63, 3.8) is 0 Å². The summed E-state index contributed by atoms with van der Waals surface area (Å²) in [6, 6.07) is 0. The van der Waals surface area contributed by atoms with Gasteiger partial charge in [0.15, 0.2) is 0 Å². The largest absolute Gasteiger partial charge is 0.378 e. The fourth-order valence-corrected chi connectivity index (χ4v) is 6.27. The molecular weight excluding hydrogens is 430 g/mol. The summed E-state index contributed by atoms with van der Waals surface area (Å²) in [4.78, 5) is 0. The van der Waals surface area contributed by atoms with E-state index in [1.807, 2.05) is 0 Å². The molecule has 4 fully saturated rings. The van der Waals surface area contributed by atoms with E-state index >= 15 is 0 Å². The predicted octanol–water partition coefficient (Wildman–Crippen LogP) is 3.54. The van der Waals surface area contributed by atoms with Gasteiger partial charge in [-0.15, -0.1) is 0 Å². The van der Waals surface area contributed by atoms with Gasteiger partial charge in [-0.25, -0.2) is 13.1 Å². The molecule has 5 atom stereocenters. The van der Waals surface area contributed by atoms with E-state index in [9.17, 15) is 8.42 Å². The first-order valence-corrected chi connectivity index (χ1v) is 14.2. The highest BCUT2D eigenvalue weighted by Crippen LogP contribution is 2.37. The van der Waals surface area contributed by atoms with Gasteiger partial charge in [0, 0.05) is 25.0 Å². The molecule has 2 saturated carbocycles. The summed E-state index contributed by atoms with van der Waals surface area (Å²) in [7, 11) is -3.46. The average Bonchev–Trinajstić information content (AvgIpc) is 3.35. The van der Waals surface area contributed by atoms with Gasteiger partial charge in [0.05, 0.1) is 25.4 Å². The zero-order valence-corrected chi connectivity index (χ0v) is 20.1. The van der Waals surface area contributed by atoms with Crippen molar-refractivity contribution in [1.29, 1.82) is 0 Å². The van der Waals surface area contributed by atoms with Crippen LogP contribution in [0.4, 0.5) is 0 Å². The second kappa shape index (κ2) is 11.8. The maximum absolute atomic E-state index is 11.7. The van der Waals surface area contributed by atoms with E-state index in [4.69, 9.17) is 18.9 Å². The van der Waals surface area contributed by atoms with Gasteiger partial charge < -0.3 is 18.9 Å². The average molecular weight is 472 g/mol. The molecule has 2 aliphatic carbocycles. The molecular formula is C24H41NO6S. The van der Waals surface area contributed by atoms with Gasteiger partial charge in [-0.3, -0.25) is 0 Å². The summed E-state index contributed by atoms with van der Waals surface area (Å²) < 4.78 is 51.0. The molecule has 0 unspecified atom stereocenters. The Morgan fingerprint density at radius 2 is 1.56 bits per heavy atom. The molecule has 0 aromatic heterocycles. The van der Waals surface area contributed by atoms with E-state index in [1.54, 1.807) is 0 Å². The minimum Gasteiger partial charge on any atom is -0.378 e. The summed E-state index contributed by atoms with van der Waals surface area (Å²) in [6.07, 6.45) is 12.8. The van der Waals surface area contributed by atoms with Crippen molar-refractivity contribution in [3.8, 4) is 0 Å². The summed E-state index contributed by atoms with van der Waals surface area (Å²) in [5, 5.41) is 0.926. The van der Waals surface area contributed by atoms with E-state index in [1.165, 1.54) is 64.2 Å². The minimum atomic E-state index is -3.46. The van der Waals surface area contributed by atoms with Crippen LogP contribution in [0.25, 0.3) is 0 Å². The number of hydrogen-bond donors (Lipinski definition) is 1. The van der Waals surface area contributed by atoms with Gasteiger partial charge in [-0.1, -0.05) is 45.1 Å². The highest BCUT2D eigenvalue weighted by molar-refractivity contribution is 7.92. The first-order valence-electron chi connectivity index (χ1n) is 12.7. The van der Waals surface area contributed by atoms with Crippen molar-refractivity contribution >= 4 is 10.0 Å². The first kappa shape index (κ1) is 24.6. The van der Waals surface area contributed by atoms with Crippen LogP contribution in [0.2, 0.25) is 0 Å². The fourth-order valence-electron chi connectivity index (χ4n) is 5.74. The van der Waals surface area contributed by atoms with Crippen LogP contribution >= 0.6 is 0 Å². The third-order valence-electron chi connectivity index (χ3n) is 7.59. The fraction of sp³-hybridized carbons (Fsp3) is 0.917. The van der Waals surface area contributed by atoms with Gasteiger partial charge in [0.1, 0.15) is 18.3 Å². The number of nitrogens with one attached hydrogen (secondary N) is 1. The Kier molecular flexibility index (Phi) is 9.04. The summed E-state index contributed by atoms with van der Waals surface area (Å²) in [6.45, 7) is 5.65. The van der Waals surface area contributed by atoms with Crippen molar-refractivity contribution in [3.05, 3.63) is 12.0 Å². The van der Waals surface area contributed by atoms with E-state index in [0.717, 1.165) is 18.6 Å². The predicted molar refractivity (Wildman–Crippen MR) is 123 cm³/mol. The molecule has 2 heterocycles. The smallest absolute Gasteiger partial charge is 0.233 e. The van der Waals surface area contributed by atoms with Gasteiger partial charge >= 0.3 is 0 Å². The normalized spacial score (nSPS) is 34.6. The third kappa shape index (κ3) is 6.76. The zero-order valence-electron chi connectivity index (χ0n) is 19.3. The lowest BCUT2D eigenvalue weighted by Crippen LogP contribution is -2.40. The molecule has 2 aliphatic heterocycles. The summed E-state index contributed by atoms with van der Waals surface area (Å²) in [5.74, 6) is 1.29. The molecule has 0 bridgehead atoms. The molecule has 0 aromatic rings. The number of rotatable bonds is 11. The molecule has 0 radical (unpaired) electrons. The molecule has 2 saturated heterocycles. The van der Waals surface area contributed by atoms with Crippen LogP contribution in [-0.4, -0.2) is 65.3 Å². The molecule has 4 rings (SSSR count). The molecule has 4 aliphatic rings. The van der Waals surface area contributed by atoms with Crippen molar-refractivity contribution in [1.82, 2.24) is 4.72 Å². The van der Waals surface area contributed by atoms with Crippen LogP contribution in [-0.2, 0) is 29.0 Å². The van der Waals surface area contributed by atoms with Crippen molar-refractivity contribution in [2.75, 3.05) is 26.4 Å². The Morgan fingerprint density at radius 1 is 0.906 bits per heavy atom. The van der Waals surface area contributed by atoms with Gasteiger partial charge in [-0.05, 0) is 37.5 Å². The summed E-state index contributed by atoms with van der Waals surface area (Å²) in [5.41, 5.74) is 0. The number of sulfonamides is 1. The molecule has 7 nitrogen and oxygen atoms in total. The maximum atomic E-state index is 11.7.